The first-order valence-electron chi connectivity index (χ1n) is 9.17. The summed E-state index contributed by atoms with van der Waals surface area (Å²) in [4.78, 5) is 14.4. The Morgan fingerprint density at radius 3 is 2.37 bits per heavy atom. The zero-order valence-electron chi connectivity index (χ0n) is 16.5. The summed E-state index contributed by atoms with van der Waals surface area (Å²) >= 11 is 0. The van der Waals surface area contributed by atoms with E-state index < -0.39 is 0 Å². The van der Waals surface area contributed by atoms with Crippen LogP contribution >= 0.6 is 0 Å². The topological polar surface area (TPSA) is 48.0 Å². The Balaban J connectivity index is 1.95. The molecule has 0 amide bonds. The number of aryl methyl sites for hydroxylation is 1. The van der Waals surface area contributed by atoms with Crippen LogP contribution in [0.1, 0.15) is 34.7 Å². The van der Waals surface area contributed by atoms with Gasteiger partial charge in [0, 0.05) is 19.1 Å². The maximum atomic E-state index is 12.1. The minimum atomic E-state index is -0.212. The molecule has 0 saturated heterocycles. The van der Waals surface area contributed by atoms with Gasteiger partial charge in [-0.15, -0.1) is 0 Å². The quantitative estimate of drug-likeness (QED) is 0.727. The molecule has 0 fully saturated rings. The molecule has 0 unspecified atom stereocenters. The minimum absolute atomic E-state index is 0.0534. The standard InChI is InChI=1S/C22H27NO4/c1-15-5-7-16(8-6-15)14-23-10-9-17-11-20(25-2)21(26-3)12-18(17)19(23)13-22(24)27-4/h5-8,11-12,19H,9-10,13-14H2,1-4H3/t19-/m0/s1. The van der Waals surface area contributed by atoms with Crippen LogP contribution in [0, 0.1) is 6.92 Å². The summed E-state index contributed by atoms with van der Waals surface area (Å²) < 4.78 is 15.9. The third-order valence-electron chi connectivity index (χ3n) is 5.21. The van der Waals surface area contributed by atoms with E-state index in [4.69, 9.17) is 14.2 Å². The number of nitrogens with zero attached hydrogens (tertiary/aromatic N) is 1. The van der Waals surface area contributed by atoms with Crippen LogP contribution in [0.3, 0.4) is 0 Å². The van der Waals surface area contributed by atoms with Gasteiger partial charge in [0.05, 0.1) is 27.8 Å². The number of methoxy groups -OCH3 is 3. The SMILES string of the molecule is COC(=O)C[C@H]1c2cc(OC)c(OC)cc2CCN1Cc1ccc(C)cc1. The first kappa shape index (κ1) is 19.2. The number of hydrogen-bond acceptors (Lipinski definition) is 5. The lowest BCUT2D eigenvalue weighted by Crippen LogP contribution is -2.36. The van der Waals surface area contributed by atoms with Crippen molar-refractivity contribution in [2.24, 2.45) is 0 Å². The van der Waals surface area contributed by atoms with Gasteiger partial charge in [-0.2, -0.15) is 0 Å². The molecule has 5 nitrogen and oxygen atoms in total. The largest absolute Gasteiger partial charge is 0.493 e. The number of benzene rings is 2. The Kier molecular flexibility index (Phi) is 6.01. The van der Waals surface area contributed by atoms with Crippen LogP contribution in [0.4, 0.5) is 0 Å². The zero-order valence-corrected chi connectivity index (χ0v) is 16.5. The van der Waals surface area contributed by atoms with Crippen LogP contribution in [-0.4, -0.2) is 38.7 Å². The first-order valence-corrected chi connectivity index (χ1v) is 9.17. The van der Waals surface area contributed by atoms with Crippen molar-refractivity contribution in [2.75, 3.05) is 27.9 Å². The molecule has 3 rings (SSSR count). The number of ether oxygens (including phenoxy) is 3. The van der Waals surface area contributed by atoms with Crippen molar-refractivity contribution < 1.29 is 19.0 Å². The molecule has 0 N–H and O–H groups in total. The van der Waals surface area contributed by atoms with Crippen LogP contribution in [0.2, 0.25) is 0 Å². The van der Waals surface area contributed by atoms with Gasteiger partial charge in [0.1, 0.15) is 0 Å². The number of rotatable bonds is 6. The van der Waals surface area contributed by atoms with Crippen LogP contribution < -0.4 is 9.47 Å². The predicted molar refractivity (Wildman–Crippen MR) is 104 cm³/mol. The molecule has 0 aromatic heterocycles. The molecule has 2 aromatic rings. The molecule has 27 heavy (non-hydrogen) atoms. The van der Waals surface area contributed by atoms with E-state index in [9.17, 15) is 4.79 Å². The molecule has 1 atom stereocenters. The number of hydrogen-bond donors (Lipinski definition) is 0. The summed E-state index contributed by atoms with van der Waals surface area (Å²) in [6.07, 6.45) is 1.21. The lowest BCUT2D eigenvalue weighted by atomic mass is 9.89. The average molecular weight is 369 g/mol. The van der Waals surface area contributed by atoms with Crippen molar-refractivity contribution in [3.63, 3.8) is 0 Å². The Morgan fingerprint density at radius 2 is 1.74 bits per heavy atom. The molecule has 0 saturated carbocycles. The molecule has 0 radical (unpaired) electrons. The maximum absolute atomic E-state index is 12.1. The van der Waals surface area contributed by atoms with E-state index in [0.717, 1.165) is 30.8 Å². The van der Waals surface area contributed by atoms with E-state index in [1.165, 1.54) is 23.8 Å². The fourth-order valence-electron chi connectivity index (χ4n) is 3.68. The van der Waals surface area contributed by atoms with Gasteiger partial charge in [-0.25, -0.2) is 0 Å². The molecule has 5 heteroatoms. The van der Waals surface area contributed by atoms with E-state index in [-0.39, 0.29) is 12.0 Å². The van der Waals surface area contributed by atoms with Crippen LogP contribution in [0.5, 0.6) is 11.5 Å². The summed E-state index contributed by atoms with van der Waals surface area (Å²) in [5.74, 6) is 1.19. The highest BCUT2D eigenvalue weighted by molar-refractivity contribution is 5.70. The Labute approximate surface area is 160 Å². The lowest BCUT2D eigenvalue weighted by molar-refractivity contribution is -0.142. The highest BCUT2D eigenvalue weighted by Gasteiger charge is 2.31. The second-order valence-electron chi connectivity index (χ2n) is 6.91. The van der Waals surface area contributed by atoms with E-state index in [0.29, 0.717) is 12.2 Å². The number of carbonyl (C=O) groups is 1. The number of fused-ring (bicyclic) bond motifs is 1. The Hall–Kier alpha value is -2.53. The van der Waals surface area contributed by atoms with Crippen molar-refractivity contribution in [1.82, 2.24) is 4.90 Å². The summed E-state index contributed by atoms with van der Waals surface area (Å²) in [7, 11) is 4.71. The molecule has 0 aliphatic carbocycles. The molecule has 1 heterocycles. The van der Waals surface area contributed by atoms with E-state index >= 15 is 0 Å². The number of carbonyl (C=O) groups excluding carboxylic acids is 1. The average Bonchev–Trinajstić information content (AvgIpc) is 2.70. The van der Waals surface area contributed by atoms with Gasteiger partial charge in [-0.1, -0.05) is 29.8 Å². The minimum Gasteiger partial charge on any atom is -0.493 e. The fourth-order valence-corrected chi connectivity index (χ4v) is 3.68. The van der Waals surface area contributed by atoms with E-state index in [2.05, 4.69) is 36.1 Å². The molecule has 1 aliphatic heterocycles. The van der Waals surface area contributed by atoms with Gasteiger partial charge in [0.25, 0.3) is 0 Å². The van der Waals surface area contributed by atoms with Crippen LogP contribution in [0.15, 0.2) is 36.4 Å². The van der Waals surface area contributed by atoms with Crippen molar-refractivity contribution in [1.29, 1.82) is 0 Å². The summed E-state index contributed by atoms with van der Waals surface area (Å²) in [5.41, 5.74) is 4.78. The molecule has 144 valence electrons. The zero-order chi connectivity index (χ0) is 19.4. The highest BCUT2D eigenvalue weighted by atomic mass is 16.5. The summed E-state index contributed by atoms with van der Waals surface area (Å²) in [6, 6.07) is 12.5. The predicted octanol–water partition coefficient (Wildman–Crippen LogP) is 3.67. The van der Waals surface area contributed by atoms with Crippen molar-refractivity contribution in [2.45, 2.75) is 32.4 Å². The highest BCUT2D eigenvalue weighted by Crippen LogP contribution is 2.40. The van der Waals surface area contributed by atoms with Crippen molar-refractivity contribution in [3.8, 4) is 11.5 Å². The number of esters is 1. The first-order chi connectivity index (χ1) is 13.0. The molecule has 1 aliphatic rings. The monoisotopic (exact) mass is 369 g/mol. The van der Waals surface area contributed by atoms with Crippen molar-refractivity contribution >= 4 is 5.97 Å². The molecular weight excluding hydrogens is 342 g/mol. The second-order valence-corrected chi connectivity index (χ2v) is 6.91. The molecule has 2 aromatic carbocycles. The molecule has 0 spiro atoms. The van der Waals surface area contributed by atoms with Gasteiger partial charge in [0.15, 0.2) is 11.5 Å². The van der Waals surface area contributed by atoms with Gasteiger partial charge in [-0.3, -0.25) is 9.69 Å². The van der Waals surface area contributed by atoms with Crippen LogP contribution in [0.25, 0.3) is 0 Å². The third kappa shape index (κ3) is 4.25. The fraction of sp³-hybridized carbons (Fsp3) is 0.409. The summed E-state index contributed by atoms with van der Waals surface area (Å²) in [5, 5.41) is 0. The Morgan fingerprint density at radius 1 is 1.07 bits per heavy atom. The third-order valence-corrected chi connectivity index (χ3v) is 5.21. The van der Waals surface area contributed by atoms with Gasteiger partial charge >= 0.3 is 5.97 Å². The summed E-state index contributed by atoms with van der Waals surface area (Å²) in [6.45, 7) is 3.74. The molecular formula is C22H27NO4. The molecule has 0 bridgehead atoms. The van der Waals surface area contributed by atoms with E-state index in [1.807, 2.05) is 12.1 Å². The smallest absolute Gasteiger partial charge is 0.307 e. The van der Waals surface area contributed by atoms with E-state index in [1.54, 1.807) is 14.2 Å². The van der Waals surface area contributed by atoms with Gasteiger partial charge in [0.2, 0.25) is 0 Å². The van der Waals surface area contributed by atoms with Gasteiger partial charge in [-0.05, 0) is 42.2 Å². The van der Waals surface area contributed by atoms with Gasteiger partial charge < -0.3 is 14.2 Å². The normalized spacial score (nSPS) is 16.5. The van der Waals surface area contributed by atoms with Crippen LogP contribution in [-0.2, 0) is 22.5 Å². The van der Waals surface area contributed by atoms with Crippen molar-refractivity contribution in [3.05, 3.63) is 58.7 Å². The Bertz CT molecular complexity index is 801. The lowest BCUT2D eigenvalue weighted by Gasteiger charge is -2.37. The second kappa shape index (κ2) is 8.44. The maximum Gasteiger partial charge on any atom is 0.307 e.